The molecule has 0 fully saturated rings. The number of rotatable bonds is 4. The summed E-state index contributed by atoms with van der Waals surface area (Å²) in [4.78, 5) is 0. The normalized spacial score (nSPS) is 20.3. The molecule has 0 saturated carbocycles. The molecule has 15 heavy (non-hydrogen) atoms. The van der Waals surface area contributed by atoms with Crippen molar-refractivity contribution < 1.29 is 0 Å². The maximum Gasteiger partial charge on any atom is 0.0346 e. The molecule has 0 aromatic heterocycles. The largest absolute Gasteiger partial charge is 0.310 e. The Morgan fingerprint density at radius 2 is 2.27 bits per heavy atom. The van der Waals surface area contributed by atoms with E-state index in [0.29, 0.717) is 12.0 Å². The molecule has 0 amide bonds. The number of likely N-dealkylation sites (N-methyl/N-ethyl adjacent to an activating group) is 1. The maximum atomic E-state index is 4.09. The van der Waals surface area contributed by atoms with Gasteiger partial charge in [-0.1, -0.05) is 43.3 Å². The van der Waals surface area contributed by atoms with Crippen LogP contribution in [-0.4, -0.2) is 12.6 Å². The molecule has 1 aromatic rings. The van der Waals surface area contributed by atoms with E-state index in [1.165, 1.54) is 23.1 Å². The summed E-state index contributed by atoms with van der Waals surface area (Å²) in [5, 5.41) is 3.53. The van der Waals surface area contributed by atoms with Gasteiger partial charge in [-0.2, -0.15) is 0 Å². The molecule has 2 unspecified atom stereocenters. The number of nitrogens with one attached hydrogen (secondary N) is 1. The van der Waals surface area contributed by atoms with Gasteiger partial charge in [-0.15, -0.1) is 0 Å². The van der Waals surface area contributed by atoms with Crippen LogP contribution in [0.5, 0.6) is 0 Å². The average Bonchev–Trinajstić information content (AvgIpc) is 2.18. The molecule has 1 N–H and O–H groups in total. The van der Waals surface area contributed by atoms with Gasteiger partial charge in [0.25, 0.3) is 0 Å². The molecule has 0 radical (unpaired) electrons. The molecule has 0 spiro atoms. The molecule has 0 saturated heterocycles. The number of fused-ring (bicyclic) bond motifs is 1. The SMILES string of the molecule is C=C(C)C(NCC)C1Cc2ccccc21. The first-order valence-corrected chi connectivity index (χ1v) is 5.70. The molecule has 2 rings (SSSR count). The summed E-state index contributed by atoms with van der Waals surface area (Å²) in [5.74, 6) is 0.638. The molecule has 2 atom stereocenters. The quantitative estimate of drug-likeness (QED) is 0.739. The highest BCUT2D eigenvalue weighted by Gasteiger charge is 2.32. The van der Waals surface area contributed by atoms with Crippen LogP contribution >= 0.6 is 0 Å². The molecule has 1 aromatic carbocycles. The van der Waals surface area contributed by atoms with Crippen molar-refractivity contribution in [1.82, 2.24) is 5.32 Å². The number of hydrogen-bond acceptors (Lipinski definition) is 1. The topological polar surface area (TPSA) is 12.0 Å². The van der Waals surface area contributed by atoms with Gasteiger partial charge in [0.2, 0.25) is 0 Å². The molecule has 0 heterocycles. The molecule has 1 heteroatoms. The summed E-state index contributed by atoms with van der Waals surface area (Å²) in [5.41, 5.74) is 4.26. The summed E-state index contributed by atoms with van der Waals surface area (Å²) < 4.78 is 0. The van der Waals surface area contributed by atoms with Gasteiger partial charge in [-0.25, -0.2) is 0 Å². The maximum absolute atomic E-state index is 4.09. The van der Waals surface area contributed by atoms with Crippen LogP contribution in [0.3, 0.4) is 0 Å². The minimum Gasteiger partial charge on any atom is -0.310 e. The number of hydrogen-bond donors (Lipinski definition) is 1. The molecule has 1 aliphatic carbocycles. The Morgan fingerprint density at radius 1 is 1.53 bits per heavy atom. The predicted octanol–water partition coefficient (Wildman–Crippen LogP) is 2.88. The monoisotopic (exact) mass is 201 g/mol. The highest BCUT2D eigenvalue weighted by Crippen LogP contribution is 2.38. The van der Waals surface area contributed by atoms with Crippen LogP contribution in [0.4, 0.5) is 0 Å². The fourth-order valence-corrected chi connectivity index (χ4v) is 2.47. The predicted molar refractivity (Wildman–Crippen MR) is 65.2 cm³/mol. The van der Waals surface area contributed by atoms with E-state index in [4.69, 9.17) is 0 Å². The van der Waals surface area contributed by atoms with Crippen molar-refractivity contribution in [2.24, 2.45) is 0 Å². The van der Waals surface area contributed by atoms with Crippen LogP contribution in [0.25, 0.3) is 0 Å². The summed E-state index contributed by atoms with van der Waals surface area (Å²) in [7, 11) is 0. The Balaban J connectivity index is 2.17. The molecule has 0 aliphatic heterocycles. The van der Waals surface area contributed by atoms with Gasteiger partial charge < -0.3 is 5.32 Å². The minimum absolute atomic E-state index is 0.449. The van der Waals surface area contributed by atoms with Crippen LogP contribution < -0.4 is 5.32 Å². The Bertz CT molecular complexity index is 367. The first-order chi connectivity index (χ1) is 7.24. The Kier molecular flexibility index (Phi) is 2.92. The van der Waals surface area contributed by atoms with Crippen LogP contribution in [-0.2, 0) is 6.42 Å². The van der Waals surface area contributed by atoms with Crippen molar-refractivity contribution in [2.45, 2.75) is 32.2 Å². The second kappa shape index (κ2) is 4.19. The minimum atomic E-state index is 0.449. The smallest absolute Gasteiger partial charge is 0.0346 e. The van der Waals surface area contributed by atoms with Crippen molar-refractivity contribution in [1.29, 1.82) is 0 Å². The molecule has 1 nitrogen and oxygen atoms in total. The zero-order chi connectivity index (χ0) is 10.8. The van der Waals surface area contributed by atoms with Gasteiger partial charge in [-0.3, -0.25) is 0 Å². The van der Waals surface area contributed by atoms with Crippen molar-refractivity contribution in [3.63, 3.8) is 0 Å². The third-order valence-corrected chi connectivity index (χ3v) is 3.25. The molecular formula is C14H19N. The van der Waals surface area contributed by atoms with E-state index in [1.807, 2.05) is 0 Å². The lowest BCUT2D eigenvalue weighted by molar-refractivity contribution is 0.452. The zero-order valence-electron chi connectivity index (χ0n) is 9.59. The first kappa shape index (κ1) is 10.4. The van der Waals surface area contributed by atoms with E-state index in [2.05, 4.69) is 50.0 Å². The van der Waals surface area contributed by atoms with Gasteiger partial charge in [0.1, 0.15) is 0 Å². The van der Waals surface area contributed by atoms with E-state index < -0.39 is 0 Å². The van der Waals surface area contributed by atoms with Gasteiger partial charge in [0.05, 0.1) is 0 Å². The van der Waals surface area contributed by atoms with Gasteiger partial charge in [-0.05, 0) is 31.0 Å². The molecule has 1 aliphatic rings. The lowest BCUT2D eigenvalue weighted by atomic mass is 9.72. The van der Waals surface area contributed by atoms with E-state index in [0.717, 1.165) is 6.54 Å². The van der Waals surface area contributed by atoms with E-state index in [-0.39, 0.29) is 0 Å². The van der Waals surface area contributed by atoms with Gasteiger partial charge in [0.15, 0.2) is 0 Å². The highest BCUT2D eigenvalue weighted by molar-refractivity contribution is 5.42. The van der Waals surface area contributed by atoms with Crippen molar-refractivity contribution in [2.75, 3.05) is 6.54 Å². The van der Waals surface area contributed by atoms with Gasteiger partial charge >= 0.3 is 0 Å². The fourth-order valence-electron chi connectivity index (χ4n) is 2.47. The van der Waals surface area contributed by atoms with Crippen molar-refractivity contribution in [3.8, 4) is 0 Å². The third-order valence-electron chi connectivity index (χ3n) is 3.25. The Labute approximate surface area is 92.2 Å². The van der Waals surface area contributed by atoms with E-state index in [9.17, 15) is 0 Å². The second-order valence-corrected chi connectivity index (χ2v) is 4.39. The Morgan fingerprint density at radius 3 is 2.87 bits per heavy atom. The van der Waals surface area contributed by atoms with Crippen LogP contribution in [0.15, 0.2) is 36.4 Å². The lowest BCUT2D eigenvalue weighted by Crippen LogP contribution is -2.40. The summed E-state index contributed by atoms with van der Waals surface area (Å²) in [6.07, 6.45) is 1.20. The molecule has 80 valence electrons. The standard InChI is InChI=1S/C14H19N/c1-4-15-14(10(2)3)13-9-11-7-5-6-8-12(11)13/h5-8,13-15H,2,4,9H2,1,3H3. The molecular weight excluding hydrogens is 182 g/mol. The fraction of sp³-hybridized carbons (Fsp3) is 0.429. The average molecular weight is 201 g/mol. The number of benzene rings is 1. The summed E-state index contributed by atoms with van der Waals surface area (Å²) in [6, 6.07) is 9.18. The highest BCUT2D eigenvalue weighted by atomic mass is 14.9. The van der Waals surface area contributed by atoms with Crippen LogP contribution in [0, 0.1) is 0 Å². The summed E-state index contributed by atoms with van der Waals surface area (Å²) >= 11 is 0. The van der Waals surface area contributed by atoms with E-state index in [1.54, 1.807) is 0 Å². The first-order valence-electron chi connectivity index (χ1n) is 5.70. The van der Waals surface area contributed by atoms with Crippen LogP contribution in [0.2, 0.25) is 0 Å². The lowest BCUT2D eigenvalue weighted by Gasteiger charge is -2.37. The molecule has 0 bridgehead atoms. The summed E-state index contributed by atoms with van der Waals surface area (Å²) in [6.45, 7) is 9.37. The van der Waals surface area contributed by atoms with Crippen molar-refractivity contribution in [3.05, 3.63) is 47.5 Å². The van der Waals surface area contributed by atoms with Crippen LogP contribution in [0.1, 0.15) is 30.9 Å². The third kappa shape index (κ3) is 1.84. The Hall–Kier alpha value is -1.08. The van der Waals surface area contributed by atoms with Gasteiger partial charge in [0, 0.05) is 12.0 Å². The second-order valence-electron chi connectivity index (χ2n) is 4.39. The zero-order valence-corrected chi connectivity index (χ0v) is 9.59. The van der Waals surface area contributed by atoms with Crippen molar-refractivity contribution >= 4 is 0 Å². The van der Waals surface area contributed by atoms with E-state index >= 15 is 0 Å².